The molecular formula is C19H26N4O3. The number of nitro benzene ring substituents is 1. The van der Waals surface area contributed by atoms with Gasteiger partial charge in [-0.1, -0.05) is 12.1 Å². The minimum atomic E-state index is -0.360. The van der Waals surface area contributed by atoms with E-state index in [4.69, 9.17) is 5.11 Å². The van der Waals surface area contributed by atoms with Crippen LogP contribution in [0.1, 0.15) is 25.0 Å². The zero-order chi connectivity index (χ0) is 18.7. The van der Waals surface area contributed by atoms with Gasteiger partial charge in [0.1, 0.15) is 0 Å². The number of aromatic nitrogens is 1. The Kier molecular flexibility index (Phi) is 5.68. The maximum Gasteiger partial charge on any atom is 0.295 e. The molecule has 0 radical (unpaired) electrons. The molecule has 1 aliphatic heterocycles. The van der Waals surface area contributed by atoms with Crippen molar-refractivity contribution in [3.63, 3.8) is 0 Å². The lowest BCUT2D eigenvalue weighted by Crippen LogP contribution is -2.44. The first kappa shape index (κ1) is 18.5. The predicted octanol–water partition coefficient (Wildman–Crippen LogP) is 2.73. The van der Waals surface area contributed by atoms with Gasteiger partial charge in [0.2, 0.25) is 0 Å². The second kappa shape index (κ2) is 7.97. The van der Waals surface area contributed by atoms with Crippen molar-refractivity contribution < 1.29 is 10.0 Å². The number of benzene rings is 1. The molecule has 1 aromatic carbocycles. The lowest BCUT2D eigenvalue weighted by molar-refractivity contribution is -0.383. The van der Waals surface area contributed by atoms with Crippen LogP contribution in [0.25, 0.3) is 10.9 Å². The van der Waals surface area contributed by atoms with E-state index in [1.54, 1.807) is 6.07 Å². The Morgan fingerprint density at radius 1 is 1.38 bits per heavy atom. The van der Waals surface area contributed by atoms with Crippen LogP contribution >= 0.6 is 0 Å². The Labute approximate surface area is 153 Å². The summed E-state index contributed by atoms with van der Waals surface area (Å²) in [6, 6.07) is 7.71. The molecule has 0 spiro atoms. The van der Waals surface area contributed by atoms with Crippen LogP contribution in [-0.2, 0) is 0 Å². The minimum absolute atomic E-state index is 0.0612. The normalized spacial score (nSPS) is 15.8. The summed E-state index contributed by atoms with van der Waals surface area (Å²) >= 11 is 0. The number of aryl methyl sites for hydroxylation is 1. The van der Waals surface area contributed by atoms with Crippen LogP contribution < -0.4 is 4.90 Å². The average molecular weight is 358 g/mol. The van der Waals surface area contributed by atoms with E-state index in [0.29, 0.717) is 11.6 Å². The SMILES string of the molecule is Cc1cc(N2CCC(N(C)CCCO)CC2)c2cccc([N+](=O)[O-])c2n1. The average Bonchev–Trinajstić information content (AvgIpc) is 2.65. The van der Waals surface area contributed by atoms with Crippen molar-refractivity contribution in [2.24, 2.45) is 0 Å². The highest BCUT2D eigenvalue weighted by Crippen LogP contribution is 2.33. The van der Waals surface area contributed by atoms with Gasteiger partial charge in [-0.15, -0.1) is 0 Å². The maximum absolute atomic E-state index is 11.3. The van der Waals surface area contributed by atoms with Crippen molar-refractivity contribution >= 4 is 22.3 Å². The standard InChI is InChI=1S/C19H26N4O3/c1-14-13-18(16-5-3-6-17(23(25)26)19(16)20-14)22-10-7-15(8-11-22)21(2)9-4-12-24/h3,5-6,13,15,24H,4,7-12H2,1-2H3. The number of piperidine rings is 1. The van der Waals surface area contributed by atoms with Gasteiger partial charge in [0, 0.05) is 55.1 Å². The second-order valence-electron chi connectivity index (χ2n) is 6.99. The quantitative estimate of drug-likeness (QED) is 0.631. The number of fused-ring (bicyclic) bond motifs is 1. The highest BCUT2D eigenvalue weighted by molar-refractivity contribution is 5.97. The van der Waals surface area contributed by atoms with Gasteiger partial charge in [-0.2, -0.15) is 0 Å². The van der Waals surface area contributed by atoms with Gasteiger partial charge in [0.15, 0.2) is 5.52 Å². The molecule has 1 saturated heterocycles. The van der Waals surface area contributed by atoms with Gasteiger partial charge in [-0.05, 0) is 39.3 Å². The molecule has 0 atom stereocenters. The molecule has 3 rings (SSSR count). The highest BCUT2D eigenvalue weighted by Gasteiger charge is 2.25. The molecule has 1 fully saturated rings. The van der Waals surface area contributed by atoms with Gasteiger partial charge in [0.25, 0.3) is 5.69 Å². The van der Waals surface area contributed by atoms with Gasteiger partial charge >= 0.3 is 0 Å². The fraction of sp³-hybridized carbons (Fsp3) is 0.526. The van der Waals surface area contributed by atoms with E-state index < -0.39 is 0 Å². The molecule has 0 unspecified atom stereocenters. The Morgan fingerprint density at radius 2 is 2.12 bits per heavy atom. The van der Waals surface area contributed by atoms with E-state index in [-0.39, 0.29) is 17.2 Å². The van der Waals surface area contributed by atoms with E-state index in [9.17, 15) is 10.1 Å². The third kappa shape index (κ3) is 3.78. The van der Waals surface area contributed by atoms with Gasteiger partial charge in [-0.3, -0.25) is 10.1 Å². The number of hydrogen-bond donors (Lipinski definition) is 1. The number of rotatable bonds is 6. The first-order chi connectivity index (χ1) is 12.5. The molecular weight excluding hydrogens is 332 g/mol. The number of anilines is 1. The van der Waals surface area contributed by atoms with Crippen LogP contribution in [0.4, 0.5) is 11.4 Å². The number of aliphatic hydroxyl groups is 1. The van der Waals surface area contributed by atoms with Crippen molar-refractivity contribution in [3.05, 3.63) is 40.1 Å². The number of non-ortho nitro benzene ring substituents is 1. The lowest BCUT2D eigenvalue weighted by Gasteiger charge is -2.38. The smallest absolute Gasteiger partial charge is 0.295 e. The maximum atomic E-state index is 11.3. The van der Waals surface area contributed by atoms with E-state index in [1.807, 2.05) is 19.1 Å². The summed E-state index contributed by atoms with van der Waals surface area (Å²) in [5, 5.41) is 21.2. The molecule has 1 aliphatic rings. The zero-order valence-electron chi connectivity index (χ0n) is 15.4. The Bertz CT molecular complexity index is 788. The van der Waals surface area contributed by atoms with Crippen LogP contribution in [0, 0.1) is 17.0 Å². The van der Waals surface area contributed by atoms with Crippen LogP contribution in [0.15, 0.2) is 24.3 Å². The van der Waals surface area contributed by atoms with Crippen LogP contribution in [-0.4, -0.2) is 59.2 Å². The molecule has 0 saturated carbocycles. The second-order valence-corrected chi connectivity index (χ2v) is 6.99. The number of hydrogen-bond acceptors (Lipinski definition) is 6. The fourth-order valence-electron chi connectivity index (χ4n) is 3.80. The van der Waals surface area contributed by atoms with Gasteiger partial charge in [0.05, 0.1) is 4.92 Å². The Hall–Kier alpha value is -2.25. The highest BCUT2D eigenvalue weighted by atomic mass is 16.6. The van der Waals surface area contributed by atoms with Gasteiger partial charge in [-0.25, -0.2) is 4.98 Å². The molecule has 1 N–H and O–H groups in total. The summed E-state index contributed by atoms with van der Waals surface area (Å²) in [6.45, 7) is 4.84. The number of nitro groups is 1. The van der Waals surface area contributed by atoms with E-state index >= 15 is 0 Å². The summed E-state index contributed by atoms with van der Waals surface area (Å²) in [5.74, 6) is 0. The number of pyridine rings is 1. The Balaban J connectivity index is 1.84. The third-order valence-electron chi connectivity index (χ3n) is 5.22. The van der Waals surface area contributed by atoms with Crippen LogP contribution in [0.5, 0.6) is 0 Å². The van der Waals surface area contributed by atoms with Crippen molar-refractivity contribution in [2.75, 3.05) is 38.2 Å². The molecule has 0 amide bonds. The summed E-state index contributed by atoms with van der Waals surface area (Å²) in [7, 11) is 2.12. The molecule has 26 heavy (non-hydrogen) atoms. The van der Waals surface area contributed by atoms with Crippen molar-refractivity contribution in [1.29, 1.82) is 0 Å². The zero-order valence-corrected chi connectivity index (χ0v) is 15.4. The van der Waals surface area contributed by atoms with E-state index in [0.717, 1.165) is 55.7 Å². The molecule has 0 aliphatic carbocycles. The first-order valence-electron chi connectivity index (χ1n) is 9.12. The van der Waals surface area contributed by atoms with E-state index in [1.165, 1.54) is 6.07 Å². The molecule has 7 heteroatoms. The summed E-state index contributed by atoms with van der Waals surface area (Å²) in [6.07, 6.45) is 2.88. The first-order valence-corrected chi connectivity index (χ1v) is 9.12. The molecule has 2 aromatic rings. The van der Waals surface area contributed by atoms with Crippen LogP contribution in [0.2, 0.25) is 0 Å². The molecule has 140 valence electrons. The predicted molar refractivity (Wildman–Crippen MR) is 103 cm³/mol. The topological polar surface area (TPSA) is 82.7 Å². The molecule has 7 nitrogen and oxygen atoms in total. The molecule has 2 heterocycles. The number of para-hydroxylation sites is 1. The molecule has 0 bridgehead atoms. The largest absolute Gasteiger partial charge is 0.396 e. The third-order valence-corrected chi connectivity index (χ3v) is 5.22. The van der Waals surface area contributed by atoms with Crippen molar-refractivity contribution in [1.82, 2.24) is 9.88 Å². The molecule has 1 aromatic heterocycles. The number of nitrogens with zero attached hydrogens (tertiary/aromatic N) is 4. The van der Waals surface area contributed by atoms with E-state index in [2.05, 4.69) is 21.8 Å². The lowest BCUT2D eigenvalue weighted by atomic mass is 10.0. The monoisotopic (exact) mass is 358 g/mol. The fourth-order valence-corrected chi connectivity index (χ4v) is 3.80. The summed E-state index contributed by atoms with van der Waals surface area (Å²) in [4.78, 5) is 20.1. The minimum Gasteiger partial charge on any atom is -0.396 e. The van der Waals surface area contributed by atoms with Crippen molar-refractivity contribution in [3.8, 4) is 0 Å². The summed E-state index contributed by atoms with van der Waals surface area (Å²) in [5.41, 5.74) is 2.36. The Morgan fingerprint density at radius 3 is 2.77 bits per heavy atom. The number of aliphatic hydroxyl groups excluding tert-OH is 1. The van der Waals surface area contributed by atoms with Crippen LogP contribution in [0.3, 0.4) is 0 Å². The van der Waals surface area contributed by atoms with Gasteiger partial charge < -0.3 is 14.9 Å². The van der Waals surface area contributed by atoms with Crippen molar-refractivity contribution in [2.45, 2.75) is 32.2 Å². The summed E-state index contributed by atoms with van der Waals surface area (Å²) < 4.78 is 0.